The lowest BCUT2D eigenvalue weighted by atomic mass is 9.95. The number of ketones is 1. The molecule has 1 saturated heterocycles. The molecule has 1 unspecified atom stereocenters. The molecule has 194 valence electrons. The third kappa shape index (κ3) is 4.94. The third-order valence-corrected chi connectivity index (χ3v) is 7.66. The average molecular weight is 527 g/mol. The normalized spacial score (nSPS) is 17.1. The minimum Gasteiger partial charge on any atom is -0.507 e. The van der Waals surface area contributed by atoms with E-state index in [4.69, 9.17) is 9.72 Å². The molecule has 3 aromatic carbocycles. The zero-order valence-corrected chi connectivity index (χ0v) is 22.7. The number of carbonyl (C=O) groups excluding carboxylic acids is 2. The van der Waals surface area contributed by atoms with Gasteiger partial charge in [-0.15, -0.1) is 0 Å². The summed E-state index contributed by atoms with van der Waals surface area (Å²) >= 11 is 1.35. The minimum atomic E-state index is -0.855. The van der Waals surface area contributed by atoms with Gasteiger partial charge in [-0.1, -0.05) is 73.2 Å². The fourth-order valence-corrected chi connectivity index (χ4v) is 5.61. The van der Waals surface area contributed by atoms with Crippen LogP contribution < -0.4 is 9.64 Å². The predicted molar refractivity (Wildman–Crippen MR) is 152 cm³/mol. The Morgan fingerprint density at radius 2 is 1.76 bits per heavy atom. The zero-order valence-electron chi connectivity index (χ0n) is 21.9. The molecule has 4 aromatic rings. The molecule has 1 fully saturated rings. The summed E-state index contributed by atoms with van der Waals surface area (Å²) in [6.07, 6.45) is 0.904. The Kier molecular flexibility index (Phi) is 7.04. The Hall–Kier alpha value is -3.97. The largest absolute Gasteiger partial charge is 0.507 e. The average Bonchev–Trinajstić information content (AvgIpc) is 3.41. The summed E-state index contributed by atoms with van der Waals surface area (Å²) in [7, 11) is 0. The number of benzene rings is 3. The first-order valence-electron chi connectivity index (χ1n) is 12.7. The number of hydrogen-bond acceptors (Lipinski definition) is 6. The van der Waals surface area contributed by atoms with Crippen LogP contribution in [0.3, 0.4) is 0 Å². The summed E-state index contributed by atoms with van der Waals surface area (Å²) < 4.78 is 6.91. The second-order valence-electron chi connectivity index (χ2n) is 10.1. The number of fused-ring (bicyclic) bond motifs is 1. The van der Waals surface area contributed by atoms with E-state index in [1.165, 1.54) is 16.2 Å². The summed E-state index contributed by atoms with van der Waals surface area (Å²) in [5.74, 6) is -0.523. The smallest absolute Gasteiger partial charge is 0.301 e. The standard InChI is InChI=1S/C31H30N2O4S/c1-18(2)14-15-37-23-7-5-6-22(17-23)27-26(28(34)21-11-8-19(3)9-12-21)29(35)30(36)33(27)31-32-24-13-10-20(4)16-25(24)38-31/h5-13,16-18,27,34H,14-15H2,1-4H3. The van der Waals surface area contributed by atoms with Crippen molar-refractivity contribution in [3.63, 3.8) is 0 Å². The Morgan fingerprint density at radius 3 is 2.50 bits per heavy atom. The van der Waals surface area contributed by atoms with Crippen LogP contribution in [-0.2, 0) is 9.59 Å². The van der Waals surface area contributed by atoms with Gasteiger partial charge in [-0.3, -0.25) is 14.5 Å². The van der Waals surface area contributed by atoms with E-state index >= 15 is 0 Å². The summed E-state index contributed by atoms with van der Waals surface area (Å²) in [5.41, 5.74) is 4.03. The number of amides is 1. The van der Waals surface area contributed by atoms with Gasteiger partial charge in [0.15, 0.2) is 5.13 Å². The van der Waals surface area contributed by atoms with Crippen molar-refractivity contribution in [1.82, 2.24) is 4.98 Å². The first kappa shape index (κ1) is 25.7. The Morgan fingerprint density at radius 1 is 1.03 bits per heavy atom. The van der Waals surface area contributed by atoms with Gasteiger partial charge in [-0.25, -0.2) is 4.98 Å². The number of hydrogen-bond donors (Lipinski definition) is 1. The molecular formula is C31H30N2O4S. The van der Waals surface area contributed by atoms with Crippen LogP contribution in [0.5, 0.6) is 5.75 Å². The van der Waals surface area contributed by atoms with E-state index in [0.717, 1.165) is 27.8 Å². The molecule has 38 heavy (non-hydrogen) atoms. The summed E-state index contributed by atoms with van der Waals surface area (Å²) in [6, 6.07) is 19.6. The molecule has 1 aliphatic heterocycles. The van der Waals surface area contributed by atoms with Crippen LogP contribution in [0.4, 0.5) is 5.13 Å². The maximum Gasteiger partial charge on any atom is 0.301 e. The molecule has 0 saturated carbocycles. The van der Waals surface area contributed by atoms with Gasteiger partial charge in [0.1, 0.15) is 11.5 Å². The lowest BCUT2D eigenvalue weighted by molar-refractivity contribution is -0.132. The van der Waals surface area contributed by atoms with Crippen molar-refractivity contribution in [1.29, 1.82) is 0 Å². The van der Waals surface area contributed by atoms with Crippen molar-refractivity contribution in [2.45, 2.75) is 40.2 Å². The molecule has 1 amide bonds. The summed E-state index contributed by atoms with van der Waals surface area (Å²) in [4.78, 5) is 33.1. The molecule has 0 aliphatic carbocycles. The Labute approximate surface area is 226 Å². The lowest BCUT2D eigenvalue weighted by Crippen LogP contribution is -2.29. The van der Waals surface area contributed by atoms with Gasteiger partial charge in [0.25, 0.3) is 5.78 Å². The molecule has 5 rings (SSSR count). The van der Waals surface area contributed by atoms with Crippen LogP contribution in [0, 0.1) is 19.8 Å². The second kappa shape index (κ2) is 10.4. The first-order valence-corrected chi connectivity index (χ1v) is 13.5. The molecular weight excluding hydrogens is 496 g/mol. The zero-order chi connectivity index (χ0) is 27.0. The molecule has 1 aliphatic rings. The summed E-state index contributed by atoms with van der Waals surface area (Å²) in [5, 5.41) is 11.8. The maximum absolute atomic E-state index is 13.5. The molecule has 6 nitrogen and oxygen atoms in total. The molecule has 1 atom stereocenters. The van der Waals surface area contributed by atoms with E-state index < -0.39 is 17.7 Å². The Bertz CT molecular complexity index is 1550. The molecule has 7 heteroatoms. The van der Waals surface area contributed by atoms with Gasteiger partial charge in [-0.05, 0) is 61.6 Å². The van der Waals surface area contributed by atoms with Crippen molar-refractivity contribution in [2.24, 2.45) is 5.92 Å². The monoisotopic (exact) mass is 526 g/mol. The van der Waals surface area contributed by atoms with Gasteiger partial charge in [-0.2, -0.15) is 0 Å². The van der Waals surface area contributed by atoms with E-state index in [9.17, 15) is 14.7 Å². The topological polar surface area (TPSA) is 79.7 Å². The second-order valence-corrected chi connectivity index (χ2v) is 11.1. The van der Waals surface area contributed by atoms with E-state index in [-0.39, 0.29) is 11.3 Å². The molecule has 0 spiro atoms. The number of thiazole rings is 1. The molecule has 1 aromatic heterocycles. The quantitative estimate of drug-likeness (QED) is 0.160. The van der Waals surface area contributed by atoms with Crippen LogP contribution in [-0.4, -0.2) is 28.4 Å². The van der Waals surface area contributed by atoms with Gasteiger partial charge in [0, 0.05) is 5.56 Å². The Balaban J connectivity index is 1.65. The number of anilines is 1. The van der Waals surface area contributed by atoms with Crippen molar-refractivity contribution in [3.05, 3.63) is 94.6 Å². The fourth-order valence-electron chi connectivity index (χ4n) is 4.52. The lowest BCUT2D eigenvalue weighted by Gasteiger charge is -2.23. The SMILES string of the molecule is Cc1ccc(C(O)=C2C(=O)C(=O)N(c3nc4ccc(C)cc4s3)C2c2cccc(OCCC(C)C)c2)cc1. The van der Waals surface area contributed by atoms with Crippen LogP contribution in [0.25, 0.3) is 16.0 Å². The highest BCUT2D eigenvalue weighted by atomic mass is 32.1. The molecule has 0 radical (unpaired) electrons. The molecule has 2 heterocycles. The highest BCUT2D eigenvalue weighted by Gasteiger charge is 2.48. The van der Waals surface area contributed by atoms with Gasteiger partial charge >= 0.3 is 5.91 Å². The van der Waals surface area contributed by atoms with Crippen molar-refractivity contribution in [3.8, 4) is 5.75 Å². The van der Waals surface area contributed by atoms with Gasteiger partial charge in [0.2, 0.25) is 0 Å². The number of carbonyl (C=O) groups is 2. The van der Waals surface area contributed by atoms with E-state index in [2.05, 4.69) is 13.8 Å². The predicted octanol–water partition coefficient (Wildman–Crippen LogP) is 6.96. The molecule has 0 bridgehead atoms. The van der Waals surface area contributed by atoms with Gasteiger partial charge in [0.05, 0.1) is 28.4 Å². The number of aromatic nitrogens is 1. The van der Waals surface area contributed by atoms with Crippen molar-refractivity contribution in [2.75, 3.05) is 11.5 Å². The van der Waals surface area contributed by atoms with Crippen LogP contribution in [0.15, 0.2) is 72.3 Å². The number of aryl methyl sites for hydroxylation is 2. The van der Waals surface area contributed by atoms with E-state index in [1.807, 2.05) is 68.4 Å². The van der Waals surface area contributed by atoms with Crippen LogP contribution in [0.2, 0.25) is 0 Å². The highest BCUT2D eigenvalue weighted by Crippen LogP contribution is 2.45. The maximum atomic E-state index is 13.5. The molecule has 1 N–H and O–H groups in total. The number of rotatable bonds is 7. The third-order valence-electron chi connectivity index (χ3n) is 6.65. The number of nitrogens with zero attached hydrogens (tertiary/aromatic N) is 2. The van der Waals surface area contributed by atoms with E-state index in [0.29, 0.717) is 34.5 Å². The van der Waals surface area contributed by atoms with Crippen molar-refractivity contribution >= 4 is 44.1 Å². The van der Waals surface area contributed by atoms with Crippen LogP contribution in [0.1, 0.15) is 48.6 Å². The highest BCUT2D eigenvalue weighted by molar-refractivity contribution is 7.22. The minimum absolute atomic E-state index is 0.0358. The number of aliphatic hydroxyl groups excluding tert-OH is 1. The fraction of sp³-hybridized carbons (Fsp3) is 0.258. The van der Waals surface area contributed by atoms with Crippen LogP contribution >= 0.6 is 11.3 Å². The number of Topliss-reactive ketones (excluding diaryl/α,β-unsaturated/α-hetero) is 1. The first-order chi connectivity index (χ1) is 18.2. The van der Waals surface area contributed by atoms with Crippen molar-refractivity contribution < 1.29 is 19.4 Å². The van der Waals surface area contributed by atoms with Gasteiger partial charge < -0.3 is 9.84 Å². The van der Waals surface area contributed by atoms with E-state index in [1.54, 1.807) is 12.1 Å². The summed E-state index contributed by atoms with van der Waals surface area (Å²) in [6.45, 7) is 8.78. The number of ether oxygens (including phenoxy) is 1. The number of aliphatic hydroxyl groups is 1.